The standard InChI is InChI=1S/C18H33N5O.HI/c1-3-20-17(21-11-13-23-12-10-19-16-23)22-15-18(7-5-6-8-18)9-14-24-4-2;/h10,12,16H,3-9,11,13-15H2,1-2H3,(H2,20,21,22);1H. The number of aliphatic imine (C=N–C) groups is 1. The highest BCUT2D eigenvalue weighted by Crippen LogP contribution is 2.41. The van der Waals surface area contributed by atoms with Crippen molar-refractivity contribution in [2.45, 2.75) is 52.5 Å². The summed E-state index contributed by atoms with van der Waals surface area (Å²) in [4.78, 5) is 8.95. The van der Waals surface area contributed by atoms with E-state index in [2.05, 4.69) is 34.0 Å². The average Bonchev–Trinajstić information content (AvgIpc) is 3.25. The maximum absolute atomic E-state index is 5.59. The molecule has 0 amide bonds. The molecular weight excluding hydrogens is 429 g/mol. The van der Waals surface area contributed by atoms with E-state index in [0.717, 1.165) is 51.8 Å². The van der Waals surface area contributed by atoms with Crippen molar-refractivity contribution in [3.05, 3.63) is 18.7 Å². The third kappa shape index (κ3) is 7.94. The molecule has 0 aliphatic heterocycles. The lowest BCUT2D eigenvalue weighted by Gasteiger charge is -2.27. The summed E-state index contributed by atoms with van der Waals surface area (Å²) in [7, 11) is 0. The van der Waals surface area contributed by atoms with Crippen LogP contribution in [-0.2, 0) is 11.3 Å². The van der Waals surface area contributed by atoms with Crippen LogP contribution in [0, 0.1) is 5.41 Å². The number of nitrogens with one attached hydrogen (secondary N) is 2. The van der Waals surface area contributed by atoms with Crippen LogP contribution in [0.2, 0.25) is 0 Å². The van der Waals surface area contributed by atoms with Crippen molar-refractivity contribution >= 4 is 29.9 Å². The number of guanidine groups is 1. The molecule has 7 heteroatoms. The van der Waals surface area contributed by atoms with Crippen LogP contribution in [0.1, 0.15) is 46.0 Å². The molecule has 0 radical (unpaired) electrons. The zero-order chi connectivity index (χ0) is 17.1. The van der Waals surface area contributed by atoms with Crippen LogP contribution in [0.3, 0.4) is 0 Å². The first-order valence-corrected chi connectivity index (χ1v) is 9.34. The quantitative estimate of drug-likeness (QED) is 0.242. The zero-order valence-electron chi connectivity index (χ0n) is 15.7. The predicted molar refractivity (Wildman–Crippen MR) is 114 cm³/mol. The van der Waals surface area contributed by atoms with E-state index in [4.69, 9.17) is 9.73 Å². The topological polar surface area (TPSA) is 63.5 Å². The monoisotopic (exact) mass is 463 g/mol. The average molecular weight is 463 g/mol. The summed E-state index contributed by atoms with van der Waals surface area (Å²) in [6.07, 6.45) is 12.0. The van der Waals surface area contributed by atoms with E-state index in [0.29, 0.717) is 5.41 Å². The highest BCUT2D eigenvalue weighted by Gasteiger charge is 2.33. The maximum Gasteiger partial charge on any atom is 0.191 e. The maximum atomic E-state index is 5.59. The van der Waals surface area contributed by atoms with Gasteiger partial charge in [0, 0.05) is 51.8 Å². The van der Waals surface area contributed by atoms with Crippen molar-refractivity contribution in [2.75, 3.05) is 32.8 Å². The fourth-order valence-corrected chi connectivity index (χ4v) is 3.36. The number of hydrogen-bond acceptors (Lipinski definition) is 3. The first-order valence-electron chi connectivity index (χ1n) is 9.34. The van der Waals surface area contributed by atoms with Crippen molar-refractivity contribution in [1.29, 1.82) is 0 Å². The summed E-state index contributed by atoms with van der Waals surface area (Å²) in [5.74, 6) is 0.917. The van der Waals surface area contributed by atoms with Gasteiger partial charge in [-0.15, -0.1) is 24.0 Å². The van der Waals surface area contributed by atoms with Crippen molar-refractivity contribution in [3.63, 3.8) is 0 Å². The van der Waals surface area contributed by atoms with Crippen LogP contribution < -0.4 is 10.6 Å². The molecule has 0 atom stereocenters. The summed E-state index contributed by atoms with van der Waals surface area (Å²) in [5.41, 5.74) is 0.335. The second kappa shape index (κ2) is 12.5. The molecule has 1 heterocycles. The number of rotatable bonds is 10. The molecule has 144 valence electrons. The minimum atomic E-state index is 0. The fourth-order valence-electron chi connectivity index (χ4n) is 3.36. The SMILES string of the molecule is CCNC(=NCC1(CCOCC)CCCC1)NCCn1ccnc1.I. The highest BCUT2D eigenvalue weighted by molar-refractivity contribution is 14.0. The molecule has 0 aromatic carbocycles. The third-order valence-electron chi connectivity index (χ3n) is 4.78. The molecule has 1 fully saturated rings. The smallest absolute Gasteiger partial charge is 0.191 e. The number of halogens is 1. The van der Waals surface area contributed by atoms with E-state index in [-0.39, 0.29) is 24.0 Å². The summed E-state index contributed by atoms with van der Waals surface area (Å²) in [6.45, 7) is 9.33. The summed E-state index contributed by atoms with van der Waals surface area (Å²) >= 11 is 0. The number of aromatic nitrogens is 2. The Balaban J connectivity index is 0.00000312. The Morgan fingerprint density at radius 2 is 2.08 bits per heavy atom. The lowest BCUT2D eigenvalue weighted by Crippen LogP contribution is -2.39. The third-order valence-corrected chi connectivity index (χ3v) is 4.78. The van der Waals surface area contributed by atoms with Gasteiger partial charge < -0.3 is 19.9 Å². The van der Waals surface area contributed by atoms with Crippen LogP contribution in [0.5, 0.6) is 0 Å². The van der Waals surface area contributed by atoms with E-state index < -0.39 is 0 Å². The molecule has 1 aromatic rings. The molecule has 1 saturated carbocycles. The van der Waals surface area contributed by atoms with Gasteiger partial charge >= 0.3 is 0 Å². The van der Waals surface area contributed by atoms with E-state index >= 15 is 0 Å². The van der Waals surface area contributed by atoms with E-state index in [1.54, 1.807) is 0 Å². The van der Waals surface area contributed by atoms with Gasteiger partial charge in [0.15, 0.2) is 5.96 Å². The van der Waals surface area contributed by atoms with Gasteiger partial charge in [-0.2, -0.15) is 0 Å². The fraction of sp³-hybridized carbons (Fsp3) is 0.778. The van der Waals surface area contributed by atoms with Gasteiger partial charge in [0.25, 0.3) is 0 Å². The Hall–Kier alpha value is -0.830. The lowest BCUT2D eigenvalue weighted by molar-refractivity contribution is 0.107. The van der Waals surface area contributed by atoms with Crippen molar-refractivity contribution in [1.82, 2.24) is 20.2 Å². The first-order chi connectivity index (χ1) is 11.8. The van der Waals surface area contributed by atoms with Crippen LogP contribution in [0.15, 0.2) is 23.7 Å². The molecule has 6 nitrogen and oxygen atoms in total. The second-order valence-electron chi connectivity index (χ2n) is 6.58. The summed E-state index contributed by atoms with van der Waals surface area (Å²) in [6, 6.07) is 0. The molecule has 2 rings (SSSR count). The van der Waals surface area contributed by atoms with Gasteiger partial charge in [0.2, 0.25) is 0 Å². The van der Waals surface area contributed by atoms with Gasteiger partial charge in [-0.1, -0.05) is 12.8 Å². The zero-order valence-corrected chi connectivity index (χ0v) is 18.0. The van der Waals surface area contributed by atoms with Crippen LogP contribution >= 0.6 is 24.0 Å². The molecule has 0 bridgehead atoms. The molecule has 0 unspecified atom stereocenters. The molecule has 25 heavy (non-hydrogen) atoms. The number of nitrogens with zero attached hydrogens (tertiary/aromatic N) is 3. The molecule has 1 aromatic heterocycles. The molecule has 1 aliphatic carbocycles. The number of hydrogen-bond donors (Lipinski definition) is 2. The van der Waals surface area contributed by atoms with Crippen LogP contribution in [0.4, 0.5) is 0 Å². The van der Waals surface area contributed by atoms with Gasteiger partial charge in [0.05, 0.1) is 6.33 Å². The number of ether oxygens (including phenoxy) is 1. The molecule has 2 N–H and O–H groups in total. The van der Waals surface area contributed by atoms with Gasteiger partial charge in [0.1, 0.15) is 0 Å². The summed E-state index contributed by atoms with van der Waals surface area (Å²) < 4.78 is 7.66. The second-order valence-corrected chi connectivity index (χ2v) is 6.58. The predicted octanol–water partition coefficient (Wildman–Crippen LogP) is 3.04. The Labute approximate surface area is 169 Å². The van der Waals surface area contributed by atoms with E-state index in [1.807, 2.05) is 18.7 Å². The summed E-state index contributed by atoms with van der Waals surface area (Å²) in [5, 5.41) is 6.78. The minimum absolute atomic E-state index is 0. The minimum Gasteiger partial charge on any atom is -0.382 e. The first kappa shape index (κ1) is 22.2. The lowest BCUT2D eigenvalue weighted by atomic mass is 9.83. The normalized spacial score (nSPS) is 16.5. The van der Waals surface area contributed by atoms with Gasteiger partial charge in [-0.25, -0.2) is 4.98 Å². The molecule has 0 spiro atoms. The molecule has 0 saturated heterocycles. The highest BCUT2D eigenvalue weighted by atomic mass is 127. The molecular formula is C18H34IN5O. The van der Waals surface area contributed by atoms with Gasteiger partial charge in [-0.3, -0.25) is 4.99 Å². The van der Waals surface area contributed by atoms with Crippen LogP contribution in [-0.4, -0.2) is 48.4 Å². The molecule has 1 aliphatic rings. The Morgan fingerprint density at radius 3 is 2.72 bits per heavy atom. The van der Waals surface area contributed by atoms with Gasteiger partial charge in [-0.05, 0) is 38.5 Å². The Bertz CT molecular complexity index is 472. The van der Waals surface area contributed by atoms with Crippen molar-refractivity contribution in [2.24, 2.45) is 10.4 Å². The van der Waals surface area contributed by atoms with E-state index in [9.17, 15) is 0 Å². The number of imidazole rings is 1. The largest absolute Gasteiger partial charge is 0.382 e. The van der Waals surface area contributed by atoms with Crippen LogP contribution in [0.25, 0.3) is 0 Å². The van der Waals surface area contributed by atoms with Crippen molar-refractivity contribution in [3.8, 4) is 0 Å². The van der Waals surface area contributed by atoms with E-state index in [1.165, 1.54) is 25.7 Å². The van der Waals surface area contributed by atoms with Crippen molar-refractivity contribution < 1.29 is 4.74 Å². The Morgan fingerprint density at radius 1 is 1.28 bits per heavy atom. The Kier molecular flexibility index (Phi) is 11.1.